The van der Waals surface area contributed by atoms with Crippen LogP contribution in [-0.4, -0.2) is 16.1 Å². The highest BCUT2D eigenvalue weighted by Gasteiger charge is 2.28. The fourth-order valence-electron chi connectivity index (χ4n) is 4.27. The van der Waals surface area contributed by atoms with E-state index in [0.29, 0.717) is 0 Å². The van der Waals surface area contributed by atoms with Crippen molar-refractivity contribution in [3.05, 3.63) is 58.7 Å². The van der Waals surface area contributed by atoms with Crippen LogP contribution in [0.5, 0.6) is 0 Å². The molecule has 3 heterocycles. The van der Waals surface area contributed by atoms with Gasteiger partial charge in [0.05, 0.1) is 11.6 Å². The molecule has 25 heavy (non-hydrogen) atoms. The van der Waals surface area contributed by atoms with Crippen LogP contribution < -0.4 is 4.90 Å². The summed E-state index contributed by atoms with van der Waals surface area (Å²) in [5.41, 5.74) is 6.17. The van der Waals surface area contributed by atoms with Crippen LogP contribution in [0.1, 0.15) is 42.3 Å². The van der Waals surface area contributed by atoms with Gasteiger partial charge in [-0.1, -0.05) is 6.07 Å². The SMILES string of the molecule is CCn1c(C)c(C)c2ccnc(N3CCc4cc(F)ccc4C3C)c21. The Bertz CT molecular complexity index is 957. The third-order valence-corrected chi connectivity index (χ3v) is 5.76. The number of aromatic nitrogens is 2. The largest absolute Gasteiger partial charge is 0.348 e. The first-order valence-corrected chi connectivity index (χ1v) is 9.02. The van der Waals surface area contributed by atoms with E-state index >= 15 is 0 Å². The van der Waals surface area contributed by atoms with Crippen molar-refractivity contribution in [2.24, 2.45) is 0 Å². The van der Waals surface area contributed by atoms with E-state index in [9.17, 15) is 4.39 Å². The third kappa shape index (κ3) is 2.35. The Balaban J connectivity index is 1.88. The minimum atomic E-state index is -0.147. The van der Waals surface area contributed by atoms with Gasteiger partial charge >= 0.3 is 0 Å². The summed E-state index contributed by atoms with van der Waals surface area (Å²) in [7, 11) is 0. The summed E-state index contributed by atoms with van der Waals surface area (Å²) in [6.07, 6.45) is 2.76. The molecule has 1 aliphatic heterocycles. The van der Waals surface area contributed by atoms with Crippen LogP contribution in [-0.2, 0) is 13.0 Å². The minimum absolute atomic E-state index is 0.147. The second-order valence-electron chi connectivity index (χ2n) is 6.95. The van der Waals surface area contributed by atoms with Crippen molar-refractivity contribution in [1.82, 2.24) is 9.55 Å². The molecule has 3 aromatic rings. The summed E-state index contributed by atoms with van der Waals surface area (Å²) in [6, 6.07) is 7.47. The molecule has 0 bridgehead atoms. The fraction of sp³-hybridized carbons (Fsp3) is 0.381. The molecule has 0 radical (unpaired) electrons. The monoisotopic (exact) mass is 337 g/mol. The van der Waals surface area contributed by atoms with Gasteiger partial charge in [0.25, 0.3) is 0 Å². The number of nitrogens with zero attached hydrogens (tertiary/aromatic N) is 3. The zero-order valence-electron chi connectivity index (χ0n) is 15.3. The molecule has 1 aliphatic rings. The summed E-state index contributed by atoms with van der Waals surface area (Å²) in [4.78, 5) is 7.13. The number of benzene rings is 1. The smallest absolute Gasteiger partial charge is 0.153 e. The summed E-state index contributed by atoms with van der Waals surface area (Å²) < 4.78 is 15.9. The molecule has 0 aliphatic carbocycles. The molecule has 3 nitrogen and oxygen atoms in total. The van der Waals surface area contributed by atoms with Crippen molar-refractivity contribution in [1.29, 1.82) is 0 Å². The molecule has 1 atom stereocenters. The first-order chi connectivity index (χ1) is 12.0. The van der Waals surface area contributed by atoms with Gasteiger partial charge in [0, 0.05) is 30.4 Å². The molecule has 0 spiro atoms. The van der Waals surface area contributed by atoms with Crippen LogP contribution in [0.4, 0.5) is 10.2 Å². The fourth-order valence-corrected chi connectivity index (χ4v) is 4.27. The zero-order chi connectivity index (χ0) is 17.7. The van der Waals surface area contributed by atoms with E-state index in [4.69, 9.17) is 4.98 Å². The molecule has 1 unspecified atom stereocenters. The molecule has 0 saturated heterocycles. The molecule has 4 heteroatoms. The van der Waals surface area contributed by atoms with Gasteiger partial charge in [-0.05, 0) is 69.0 Å². The lowest BCUT2D eigenvalue weighted by molar-refractivity contribution is 0.594. The van der Waals surface area contributed by atoms with Gasteiger partial charge < -0.3 is 9.47 Å². The minimum Gasteiger partial charge on any atom is -0.348 e. The maximum absolute atomic E-state index is 13.6. The molecule has 0 amide bonds. The molecule has 0 N–H and O–H groups in total. The highest BCUT2D eigenvalue weighted by molar-refractivity contribution is 5.93. The Morgan fingerprint density at radius 2 is 2.04 bits per heavy atom. The second kappa shape index (κ2) is 5.87. The van der Waals surface area contributed by atoms with Crippen LogP contribution in [0.2, 0.25) is 0 Å². The molecule has 0 saturated carbocycles. The number of aryl methyl sites for hydroxylation is 2. The van der Waals surface area contributed by atoms with Crippen molar-refractivity contribution in [3.8, 4) is 0 Å². The first-order valence-electron chi connectivity index (χ1n) is 9.02. The molecule has 2 aromatic heterocycles. The average molecular weight is 337 g/mol. The Morgan fingerprint density at radius 3 is 2.80 bits per heavy atom. The summed E-state index contributed by atoms with van der Waals surface area (Å²) >= 11 is 0. The maximum atomic E-state index is 13.6. The lowest BCUT2D eigenvalue weighted by Crippen LogP contribution is -2.35. The van der Waals surface area contributed by atoms with Crippen molar-refractivity contribution < 1.29 is 4.39 Å². The van der Waals surface area contributed by atoms with Gasteiger partial charge in [0.1, 0.15) is 5.82 Å². The summed E-state index contributed by atoms with van der Waals surface area (Å²) in [6.45, 7) is 10.5. The van der Waals surface area contributed by atoms with Gasteiger partial charge in [0.2, 0.25) is 0 Å². The number of hydrogen-bond acceptors (Lipinski definition) is 2. The van der Waals surface area contributed by atoms with Crippen molar-refractivity contribution in [2.45, 2.75) is 46.7 Å². The van der Waals surface area contributed by atoms with E-state index in [1.807, 2.05) is 12.3 Å². The molecular formula is C21H24FN3. The van der Waals surface area contributed by atoms with Gasteiger partial charge in [-0.3, -0.25) is 0 Å². The average Bonchev–Trinajstić information content (AvgIpc) is 2.86. The quantitative estimate of drug-likeness (QED) is 0.661. The molecular weight excluding hydrogens is 313 g/mol. The Hall–Kier alpha value is -2.36. The highest BCUT2D eigenvalue weighted by atomic mass is 19.1. The van der Waals surface area contributed by atoms with E-state index in [1.54, 1.807) is 12.1 Å². The van der Waals surface area contributed by atoms with Gasteiger partial charge in [0.15, 0.2) is 5.82 Å². The van der Waals surface area contributed by atoms with Crippen LogP contribution in [0, 0.1) is 19.7 Å². The summed E-state index contributed by atoms with van der Waals surface area (Å²) in [5, 5.41) is 1.28. The number of hydrogen-bond donors (Lipinski definition) is 0. The lowest BCUT2D eigenvalue weighted by Gasteiger charge is -2.36. The van der Waals surface area contributed by atoms with E-state index in [1.165, 1.54) is 27.7 Å². The van der Waals surface area contributed by atoms with Gasteiger partial charge in [-0.2, -0.15) is 0 Å². The number of rotatable bonds is 2. The molecule has 130 valence electrons. The molecule has 1 aromatic carbocycles. The topological polar surface area (TPSA) is 21.1 Å². The number of anilines is 1. The Labute approximate surface area is 148 Å². The van der Waals surface area contributed by atoms with Gasteiger partial charge in [-0.25, -0.2) is 9.37 Å². The Kier molecular flexibility index (Phi) is 3.78. The lowest BCUT2D eigenvalue weighted by atomic mass is 9.93. The van der Waals surface area contributed by atoms with E-state index in [0.717, 1.165) is 30.9 Å². The molecule has 4 rings (SSSR count). The van der Waals surface area contributed by atoms with Crippen molar-refractivity contribution >= 4 is 16.7 Å². The van der Waals surface area contributed by atoms with Crippen LogP contribution in [0.3, 0.4) is 0 Å². The number of fused-ring (bicyclic) bond motifs is 2. The predicted octanol–water partition coefficient (Wildman–Crippen LogP) is 4.94. The summed E-state index contributed by atoms with van der Waals surface area (Å²) in [5.74, 6) is 0.892. The number of halogens is 1. The van der Waals surface area contributed by atoms with E-state index < -0.39 is 0 Å². The maximum Gasteiger partial charge on any atom is 0.153 e. The van der Waals surface area contributed by atoms with E-state index in [-0.39, 0.29) is 11.9 Å². The predicted molar refractivity (Wildman–Crippen MR) is 101 cm³/mol. The Morgan fingerprint density at radius 1 is 1.24 bits per heavy atom. The van der Waals surface area contributed by atoms with Crippen LogP contribution in [0.15, 0.2) is 30.5 Å². The first kappa shape index (κ1) is 16.1. The molecule has 0 fully saturated rings. The highest BCUT2D eigenvalue weighted by Crippen LogP contribution is 2.38. The van der Waals surface area contributed by atoms with E-state index in [2.05, 4.69) is 43.2 Å². The van der Waals surface area contributed by atoms with Crippen LogP contribution >= 0.6 is 0 Å². The normalized spacial score (nSPS) is 17.2. The van der Waals surface area contributed by atoms with Crippen molar-refractivity contribution in [3.63, 3.8) is 0 Å². The third-order valence-electron chi connectivity index (χ3n) is 5.76. The standard InChI is InChI=1S/C21H24FN3/c1-5-24-14(3)13(2)18-8-10-23-21(20(18)24)25-11-9-16-12-17(22)6-7-19(16)15(25)4/h6-8,10,12,15H,5,9,11H2,1-4H3. The van der Waals surface area contributed by atoms with Gasteiger partial charge in [-0.15, -0.1) is 0 Å². The number of pyridine rings is 1. The zero-order valence-corrected chi connectivity index (χ0v) is 15.3. The second-order valence-corrected chi connectivity index (χ2v) is 6.95. The van der Waals surface area contributed by atoms with Crippen LogP contribution in [0.25, 0.3) is 10.9 Å². The van der Waals surface area contributed by atoms with Crippen molar-refractivity contribution in [2.75, 3.05) is 11.4 Å².